The second kappa shape index (κ2) is 8.31. The van der Waals surface area contributed by atoms with Crippen LogP contribution >= 0.6 is 11.6 Å². The maximum absolute atomic E-state index is 12.7. The molecule has 1 N–H and O–H groups in total. The fourth-order valence-electron chi connectivity index (χ4n) is 2.22. The van der Waals surface area contributed by atoms with Crippen LogP contribution in [0.25, 0.3) is 0 Å². The SMILES string of the molecule is Cc1ccc(S(=O)(=O)N[C@H](C)c2cc(Cl)ccc2O[S@](=O)C(C)(C)C)cc1. The van der Waals surface area contributed by atoms with Crippen LogP contribution in [0.3, 0.4) is 0 Å². The van der Waals surface area contributed by atoms with Crippen molar-refractivity contribution in [2.24, 2.45) is 0 Å². The van der Waals surface area contributed by atoms with Gasteiger partial charge in [0.15, 0.2) is 0 Å². The highest BCUT2D eigenvalue weighted by atomic mass is 35.5. The van der Waals surface area contributed by atoms with Crippen LogP contribution in [0.5, 0.6) is 5.75 Å². The van der Waals surface area contributed by atoms with E-state index < -0.39 is 31.9 Å². The number of hydrogen-bond donors (Lipinski definition) is 1. The summed E-state index contributed by atoms with van der Waals surface area (Å²) in [5, 5.41) is 0.431. The quantitative estimate of drug-likeness (QED) is 0.732. The third-order valence-corrected chi connectivity index (χ3v) is 6.89. The van der Waals surface area contributed by atoms with Crippen LogP contribution < -0.4 is 8.91 Å². The second-order valence-electron chi connectivity index (χ2n) is 7.27. The highest BCUT2D eigenvalue weighted by molar-refractivity contribution is 7.89. The molecule has 0 saturated carbocycles. The molecule has 0 amide bonds. The first-order chi connectivity index (χ1) is 12.4. The summed E-state index contributed by atoms with van der Waals surface area (Å²) in [5.41, 5.74) is 1.48. The highest BCUT2D eigenvalue weighted by Gasteiger charge is 2.26. The Morgan fingerprint density at radius 3 is 2.26 bits per heavy atom. The first kappa shape index (κ1) is 21.9. The van der Waals surface area contributed by atoms with Gasteiger partial charge in [0.1, 0.15) is 5.75 Å². The summed E-state index contributed by atoms with van der Waals surface area (Å²) in [6.45, 7) is 8.95. The van der Waals surface area contributed by atoms with Crippen LogP contribution in [-0.4, -0.2) is 17.4 Å². The zero-order valence-corrected chi connectivity index (χ0v) is 18.3. The molecule has 0 aliphatic heterocycles. The molecule has 2 aromatic carbocycles. The minimum Gasteiger partial charge on any atom is -0.400 e. The van der Waals surface area contributed by atoms with E-state index in [9.17, 15) is 12.6 Å². The van der Waals surface area contributed by atoms with E-state index in [2.05, 4.69) is 4.72 Å². The van der Waals surface area contributed by atoms with Gasteiger partial charge in [0, 0.05) is 16.6 Å². The molecule has 0 radical (unpaired) electrons. The van der Waals surface area contributed by atoms with E-state index in [0.717, 1.165) is 5.56 Å². The van der Waals surface area contributed by atoms with Gasteiger partial charge in [-0.2, -0.15) is 0 Å². The average molecular weight is 430 g/mol. The fraction of sp³-hybridized carbons (Fsp3) is 0.368. The van der Waals surface area contributed by atoms with Crippen LogP contribution in [0.2, 0.25) is 5.02 Å². The van der Waals surface area contributed by atoms with Crippen LogP contribution in [0, 0.1) is 6.92 Å². The topological polar surface area (TPSA) is 72.5 Å². The monoisotopic (exact) mass is 429 g/mol. The van der Waals surface area contributed by atoms with Crippen molar-refractivity contribution in [2.75, 3.05) is 0 Å². The van der Waals surface area contributed by atoms with Crippen molar-refractivity contribution in [1.82, 2.24) is 4.72 Å². The zero-order chi connectivity index (χ0) is 20.4. The molecule has 2 aromatic rings. The van der Waals surface area contributed by atoms with E-state index in [4.69, 9.17) is 15.8 Å². The van der Waals surface area contributed by atoms with Crippen molar-refractivity contribution < 1.29 is 16.8 Å². The van der Waals surface area contributed by atoms with Crippen molar-refractivity contribution in [2.45, 2.75) is 50.3 Å². The smallest absolute Gasteiger partial charge is 0.241 e. The lowest BCUT2D eigenvalue weighted by atomic mass is 10.1. The van der Waals surface area contributed by atoms with Gasteiger partial charge >= 0.3 is 0 Å². The van der Waals surface area contributed by atoms with Crippen LogP contribution in [0.15, 0.2) is 47.4 Å². The summed E-state index contributed by atoms with van der Waals surface area (Å²) in [4.78, 5) is 0.169. The van der Waals surface area contributed by atoms with Crippen LogP contribution in [0.1, 0.15) is 44.9 Å². The number of benzene rings is 2. The Hall–Kier alpha value is -1.41. The number of rotatable bonds is 6. The minimum absolute atomic E-state index is 0.169. The lowest BCUT2D eigenvalue weighted by Crippen LogP contribution is -2.29. The maximum atomic E-state index is 12.7. The predicted molar refractivity (Wildman–Crippen MR) is 110 cm³/mol. The summed E-state index contributed by atoms with van der Waals surface area (Å²) in [6.07, 6.45) is 0. The molecule has 0 unspecified atom stereocenters. The van der Waals surface area contributed by atoms with Crippen molar-refractivity contribution in [3.8, 4) is 5.75 Å². The van der Waals surface area contributed by atoms with Crippen molar-refractivity contribution >= 4 is 32.7 Å². The number of aryl methyl sites for hydroxylation is 1. The van der Waals surface area contributed by atoms with Gasteiger partial charge in [-0.15, -0.1) is 0 Å². The zero-order valence-electron chi connectivity index (χ0n) is 15.9. The molecule has 0 fully saturated rings. The molecule has 0 saturated heterocycles. The summed E-state index contributed by atoms with van der Waals surface area (Å²) in [6, 6.07) is 10.8. The van der Waals surface area contributed by atoms with E-state index in [-0.39, 0.29) is 4.90 Å². The number of nitrogens with one attached hydrogen (secondary N) is 1. The molecular weight excluding hydrogens is 406 g/mol. The Bertz CT molecular complexity index is 935. The summed E-state index contributed by atoms with van der Waals surface area (Å²) >= 11 is 4.48. The highest BCUT2D eigenvalue weighted by Crippen LogP contribution is 2.31. The van der Waals surface area contributed by atoms with E-state index in [1.54, 1.807) is 70.2 Å². The van der Waals surface area contributed by atoms with E-state index in [0.29, 0.717) is 16.3 Å². The van der Waals surface area contributed by atoms with Crippen molar-refractivity contribution in [1.29, 1.82) is 0 Å². The lowest BCUT2D eigenvalue weighted by Gasteiger charge is -2.21. The Kier molecular flexibility index (Phi) is 6.73. The van der Waals surface area contributed by atoms with Crippen molar-refractivity contribution in [3.63, 3.8) is 0 Å². The van der Waals surface area contributed by atoms with Gasteiger partial charge in [-0.3, -0.25) is 0 Å². The maximum Gasteiger partial charge on any atom is 0.241 e. The van der Waals surface area contributed by atoms with E-state index in [1.165, 1.54) is 0 Å². The van der Waals surface area contributed by atoms with Gasteiger partial charge in [0.25, 0.3) is 0 Å². The average Bonchev–Trinajstić information content (AvgIpc) is 2.55. The normalized spacial score (nSPS) is 14.6. The first-order valence-electron chi connectivity index (χ1n) is 8.39. The number of hydrogen-bond acceptors (Lipinski definition) is 4. The first-order valence-corrected chi connectivity index (χ1v) is 11.3. The summed E-state index contributed by atoms with van der Waals surface area (Å²) < 4.78 is 45.3. The second-order valence-corrected chi connectivity index (χ2v) is 11.3. The molecule has 0 aliphatic carbocycles. The molecule has 0 heterocycles. The van der Waals surface area contributed by atoms with Gasteiger partial charge in [0.2, 0.25) is 21.1 Å². The molecule has 0 bridgehead atoms. The molecule has 2 atom stereocenters. The Morgan fingerprint density at radius 2 is 1.70 bits per heavy atom. The van der Waals surface area contributed by atoms with Crippen LogP contribution in [-0.2, 0) is 21.1 Å². The Balaban J connectivity index is 2.32. The predicted octanol–water partition coefficient (Wildman–Crippen LogP) is 4.53. The summed E-state index contributed by atoms with van der Waals surface area (Å²) in [7, 11) is -3.74. The van der Waals surface area contributed by atoms with Gasteiger partial charge < -0.3 is 4.18 Å². The van der Waals surface area contributed by atoms with Gasteiger partial charge in [-0.25, -0.2) is 17.3 Å². The van der Waals surface area contributed by atoms with Gasteiger partial charge in [-0.1, -0.05) is 29.3 Å². The van der Waals surface area contributed by atoms with E-state index >= 15 is 0 Å². The molecule has 5 nitrogen and oxygen atoms in total. The van der Waals surface area contributed by atoms with Gasteiger partial charge in [0.05, 0.1) is 9.64 Å². The molecule has 8 heteroatoms. The number of sulfonamides is 1. The lowest BCUT2D eigenvalue weighted by molar-refractivity contribution is 0.516. The number of halogens is 1. The van der Waals surface area contributed by atoms with Crippen LogP contribution in [0.4, 0.5) is 0 Å². The molecular formula is C19H24ClNO4S2. The summed E-state index contributed by atoms with van der Waals surface area (Å²) in [5.74, 6) is 0.326. The largest absolute Gasteiger partial charge is 0.400 e. The molecule has 27 heavy (non-hydrogen) atoms. The third-order valence-electron chi connectivity index (χ3n) is 3.77. The van der Waals surface area contributed by atoms with Crippen molar-refractivity contribution in [3.05, 3.63) is 58.6 Å². The molecule has 0 aliphatic rings. The van der Waals surface area contributed by atoms with Gasteiger partial charge in [-0.05, 0) is 65.0 Å². The third kappa shape index (κ3) is 5.78. The molecule has 2 rings (SSSR count). The standard InChI is InChI=1S/C19H24ClNO4S2/c1-13-6-9-16(10-7-13)27(23,24)21-14(2)17-12-15(20)8-11-18(17)25-26(22)19(3,4)5/h6-12,14,21H,1-5H3/t14-,26+/m1/s1. The van der Waals surface area contributed by atoms with E-state index in [1.807, 2.05) is 6.92 Å². The fourth-order valence-corrected chi connectivity index (χ4v) is 4.19. The molecule has 148 valence electrons. The Morgan fingerprint density at radius 1 is 1.11 bits per heavy atom. The molecule has 0 spiro atoms. The molecule has 0 aromatic heterocycles. The Labute approximate surface area is 168 Å². The minimum atomic E-state index is -3.74.